The Hall–Kier alpha value is 0.150. The van der Waals surface area contributed by atoms with Gasteiger partial charge in [0.25, 0.3) is 10.0 Å². The van der Waals surface area contributed by atoms with Gasteiger partial charge in [-0.2, -0.15) is 4.31 Å². The first-order valence-corrected chi connectivity index (χ1v) is 8.99. The highest BCUT2D eigenvalue weighted by molar-refractivity contribution is 7.91. The van der Waals surface area contributed by atoms with Crippen LogP contribution in [0, 0.1) is 12.8 Å². The Morgan fingerprint density at radius 2 is 2.20 bits per heavy atom. The van der Waals surface area contributed by atoms with Crippen molar-refractivity contribution in [2.75, 3.05) is 13.1 Å². The maximum atomic E-state index is 12.7. The number of aryl methyl sites for hydroxylation is 1. The molecule has 0 radical (unpaired) electrons. The van der Waals surface area contributed by atoms with Crippen molar-refractivity contribution in [3.8, 4) is 0 Å². The van der Waals surface area contributed by atoms with Crippen LogP contribution in [0.5, 0.6) is 0 Å². The van der Waals surface area contributed by atoms with Gasteiger partial charge < -0.3 is 5.73 Å². The Balaban J connectivity index is 0.00000200. The summed E-state index contributed by atoms with van der Waals surface area (Å²) in [5.74, 6) is 0.296. The van der Waals surface area contributed by atoms with Gasteiger partial charge in [0, 0.05) is 19.1 Å². The van der Waals surface area contributed by atoms with Crippen molar-refractivity contribution in [2.45, 2.75) is 36.9 Å². The minimum atomic E-state index is -3.47. The second-order valence-corrected chi connectivity index (χ2v) is 8.83. The van der Waals surface area contributed by atoms with E-state index in [1.165, 1.54) is 0 Å². The molecular weight excluding hydrogens is 339 g/mol. The second-order valence-electron chi connectivity index (χ2n) is 5.06. The summed E-state index contributed by atoms with van der Waals surface area (Å²) in [4.78, 5) is 0. The summed E-state index contributed by atoms with van der Waals surface area (Å²) >= 11 is 7.11. The van der Waals surface area contributed by atoms with Gasteiger partial charge >= 0.3 is 0 Å². The summed E-state index contributed by atoms with van der Waals surface area (Å²) < 4.78 is 27.8. The Kier molecular flexibility index (Phi) is 6.32. The molecule has 4 nitrogen and oxygen atoms in total. The third kappa shape index (κ3) is 3.31. The first-order chi connectivity index (χ1) is 8.87. The molecule has 2 N–H and O–H groups in total. The van der Waals surface area contributed by atoms with Crippen molar-refractivity contribution >= 4 is 45.4 Å². The lowest BCUT2D eigenvalue weighted by Gasteiger charge is -2.37. The summed E-state index contributed by atoms with van der Waals surface area (Å²) in [6, 6.07) is 1.54. The van der Waals surface area contributed by atoms with E-state index in [0.717, 1.165) is 29.7 Å². The van der Waals surface area contributed by atoms with Gasteiger partial charge in [-0.1, -0.05) is 18.5 Å². The Labute approximate surface area is 135 Å². The third-order valence-electron chi connectivity index (χ3n) is 3.70. The first kappa shape index (κ1) is 18.2. The number of nitrogens with two attached hydrogens (primary N) is 1. The fourth-order valence-electron chi connectivity index (χ4n) is 2.53. The SMILES string of the molecule is Cc1cc(S(=O)(=O)N2CCCC(C)C2CN)sc1Cl.Cl. The highest BCUT2D eigenvalue weighted by Crippen LogP contribution is 2.35. The molecule has 2 unspecified atom stereocenters. The fourth-order valence-corrected chi connectivity index (χ4v) is 6.14. The molecule has 1 fully saturated rings. The van der Waals surface area contributed by atoms with E-state index in [4.69, 9.17) is 17.3 Å². The Bertz CT molecular complexity index is 540. The van der Waals surface area contributed by atoms with Crippen molar-refractivity contribution < 1.29 is 8.42 Å². The standard InChI is InChI=1S/C12H19ClN2O2S2.ClH/c1-8-4-3-5-15(10(8)7-14)19(16,17)11-6-9(2)12(13)18-11;/h6,8,10H,3-5,7,14H2,1-2H3;1H. The van der Waals surface area contributed by atoms with E-state index < -0.39 is 10.0 Å². The molecule has 0 spiro atoms. The van der Waals surface area contributed by atoms with Crippen LogP contribution in [-0.2, 0) is 10.0 Å². The number of halogens is 2. The highest BCUT2D eigenvalue weighted by Gasteiger charge is 2.37. The van der Waals surface area contributed by atoms with Crippen LogP contribution in [0.1, 0.15) is 25.3 Å². The number of hydrogen-bond acceptors (Lipinski definition) is 4. The van der Waals surface area contributed by atoms with Crippen molar-refractivity contribution in [1.82, 2.24) is 4.31 Å². The van der Waals surface area contributed by atoms with Crippen LogP contribution in [0.25, 0.3) is 0 Å². The Morgan fingerprint density at radius 1 is 1.55 bits per heavy atom. The normalized spacial score (nSPS) is 24.4. The third-order valence-corrected chi connectivity index (χ3v) is 7.63. The molecule has 0 saturated carbocycles. The summed E-state index contributed by atoms with van der Waals surface area (Å²) in [7, 11) is -3.47. The van der Waals surface area contributed by atoms with Gasteiger partial charge in [-0.25, -0.2) is 8.42 Å². The summed E-state index contributed by atoms with van der Waals surface area (Å²) in [5.41, 5.74) is 6.57. The number of hydrogen-bond donors (Lipinski definition) is 1. The van der Waals surface area contributed by atoms with Crippen molar-refractivity contribution in [1.29, 1.82) is 0 Å². The first-order valence-electron chi connectivity index (χ1n) is 6.35. The molecule has 2 rings (SSSR count). The smallest absolute Gasteiger partial charge is 0.252 e. The largest absolute Gasteiger partial charge is 0.329 e. The second kappa shape index (κ2) is 6.94. The van der Waals surface area contributed by atoms with Gasteiger partial charge in [0.2, 0.25) is 0 Å². The molecule has 8 heteroatoms. The molecule has 2 atom stereocenters. The molecule has 20 heavy (non-hydrogen) atoms. The molecule has 0 bridgehead atoms. The van der Waals surface area contributed by atoms with E-state index in [1.54, 1.807) is 10.4 Å². The van der Waals surface area contributed by atoms with Crippen LogP contribution in [-0.4, -0.2) is 31.9 Å². The maximum Gasteiger partial charge on any atom is 0.252 e. The summed E-state index contributed by atoms with van der Waals surface area (Å²) in [6.45, 7) is 4.78. The van der Waals surface area contributed by atoms with Gasteiger partial charge in [0.15, 0.2) is 0 Å². The zero-order valence-corrected chi connectivity index (χ0v) is 14.7. The molecular formula is C12H20Cl2N2O2S2. The lowest BCUT2D eigenvalue weighted by atomic mass is 9.93. The zero-order valence-electron chi connectivity index (χ0n) is 11.5. The summed E-state index contributed by atoms with van der Waals surface area (Å²) in [6.07, 6.45) is 1.91. The lowest BCUT2D eigenvalue weighted by Crippen LogP contribution is -2.51. The van der Waals surface area contributed by atoms with Crippen LogP contribution >= 0.6 is 35.3 Å². The van der Waals surface area contributed by atoms with E-state index in [-0.39, 0.29) is 18.4 Å². The molecule has 1 saturated heterocycles. The van der Waals surface area contributed by atoms with E-state index in [2.05, 4.69) is 6.92 Å². The van der Waals surface area contributed by atoms with E-state index in [1.807, 2.05) is 6.92 Å². The van der Waals surface area contributed by atoms with Crippen LogP contribution in [0.15, 0.2) is 10.3 Å². The van der Waals surface area contributed by atoms with Gasteiger partial charge in [-0.15, -0.1) is 23.7 Å². The monoisotopic (exact) mass is 358 g/mol. The Morgan fingerprint density at radius 3 is 2.70 bits per heavy atom. The molecule has 1 aromatic rings. The minimum absolute atomic E-state index is 0. The zero-order chi connectivity index (χ0) is 14.2. The predicted octanol–water partition coefficient (Wildman–Crippen LogP) is 2.88. The molecule has 0 aliphatic carbocycles. The molecule has 2 heterocycles. The van der Waals surface area contributed by atoms with Crippen LogP contribution in [0.3, 0.4) is 0 Å². The van der Waals surface area contributed by atoms with E-state index in [9.17, 15) is 8.42 Å². The molecule has 1 aliphatic heterocycles. The van der Waals surface area contributed by atoms with Gasteiger partial charge in [-0.05, 0) is 37.3 Å². The summed E-state index contributed by atoms with van der Waals surface area (Å²) in [5, 5.41) is 0. The van der Waals surface area contributed by atoms with Crippen molar-refractivity contribution in [3.63, 3.8) is 0 Å². The average Bonchev–Trinajstić information content (AvgIpc) is 2.70. The average molecular weight is 359 g/mol. The molecule has 0 amide bonds. The van der Waals surface area contributed by atoms with E-state index >= 15 is 0 Å². The van der Waals surface area contributed by atoms with E-state index in [0.29, 0.717) is 27.6 Å². The quantitative estimate of drug-likeness (QED) is 0.903. The maximum absolute atomic E-state index is 12.7. The van der Waals surface area contributed by atoms with Gasteiger partial charge in [0.1, 0.15) is 4.21 Å². The van der Waals surface area contributed by atoms with Crippen LogP contribution in [0.4, 0.5) is 0 Å². The van der Waals surface area contributed by atoms with Crippen LogP contribution in [0.2, 0.25) is 4.34 Å². The molecule has 116 valence electrons. The topological polar surface area (TPSA) is 63.4 Å². The van der Waals surface area contributed by atoms with Crippen molar-refractivity contribution in [2.24, 2.45) is 11.7 Å². The number of thiophene rings is 1. The minimum Gasteiger partial charge on any atom is -0.329 e. The van der Waals surface area contributed by atoms with Gasteiger partial charge in [-0.3, -0.25) is 0 Å². The predicted molar refractivity (Wildman–Crippen MR) is 86.4 cm³/mol. The lowest BCUT2D eigenvalue weighted by molar-refractivity contribution is 0.193. The van der Waals surface area contributed by atoms with Crippen LogP contribution < -0.4 is 5.73 Å². The number of nitrogens with zero attached hydrogens (tertiary/aromatic N) is 1. The highest BCUT2D eigenvalue weighted by atomic mass is 35.5. The van der Waals surface area contributed by atoms with Gasteiger partial charge in [0.05, 0.1) is 4.34 Å². The molecule has 0 aromatic carbocycles. The number of rotatable bonds is 3. The fraction of sp³-hybridized carbons (Fsp3) is 0.667. The van der Waals surface area contributed by atoms with Crippen molar-refractivity contribution in [3.05, 3.63) is 16.0 Å². The molecule has 1 aromatic heterocycles. The molecule has 1 aliphatic rings. The number of piperidine rings is 1. The number of sulfonamides is 1.